The van der Waals surface area contributed by atoms with Gasteiger partial charge in [-0.05, 0) is 17.7 Å². The summed E-state index contributed by atoms with van der Waals surface area (Å²) < 4.78 is 2.27. The predicted octanol–water partition coefficient (Wildman–Crippen LogP) is 7.16. The summed E-state index contributed by atoms with van der Waals surface area (Å²) >= 11 is 0. The maximum Gasteiger partial charge on any atom is 0.0970 e. The van der Waals surface area contributed by atoms with Gasteiger partial charge < -0.3 is 9.47 Å². The van der Waals surface area contributed by atoms with E-state index in [0.717, 1.165) is 17.1 Å². The summed E-state index contributed by atoms with van der Waals surface area (Å²) in [5.41, 5.74) is 9.28. The Morgan fingerprint density at radius 2 is 1.30 bits per heavy atom. The number of fused-ring (bicyclic) bond motifs is 2. The van der Waals surface area contributed by atoms with Gasteiger partial charge in [-0.15, -0.1) is 0 Å². The number of hydrogen-bond acceptors (Lipinski definition) is 2. The van der Waals surface area contributed by atoms with Crippen LogP contribution in [0, 0.1) is 0 Å². The monoisotopic (exact) mass is 427 g/mol. The molecule has 2 heterocycles. The van der Waals surface area contributed by atoms with Crippen molar-refractivity contribution in [3.05, 3.63) is 120 Å². The third-order valence-electron chi connectivity index (χ3n) is 6.68. The molecule has 0 saturated carbocycles. The van der Waals surface area contributed by atoms with E-state index in [1.807, 2.05) is 0 Å². The van der Waals surface area contributed by atoms with E-state index in [0.29, 0.717) is 0 Å². The van der Waals surface area contributed by atoms with Crippen LogP contribution in [0.5, 0.6) is 0 Å². The Balaban J connectivity index is 1.66. The van der Waals surface area contributed by atoms with Crippen molar-refractivity contribution in [2.75, 3.05) is 11.9 Å². The molecule has 1 unspecified atom stereocenters. The predicted molar refractivity (Wildman–Crippen MR) is 139 cm³/mol. The van der Waals surface area contributed by atoms with Gasteiger partial charge in [0.15, 0.2) is 0 Å². The zero-order chi connectivity index (χ0) is 22.4. The summed E-state index contributed by atoms with van der Waals surface area (Å²) in [7, 11) is 4.30. The minimum atomic E-state index is 0.0613. The Bertz CT molecular complexity index is 1480. The molecule has 0 fully saturated rings. The summed E-state index contributed by atoms with van der Waals surface area (Å²) in [6.07, 6.45) is 0. The number of likely N-dealkylation sites (N-methyl/N-ethyl adjacent to an activating group) is 1. The molecule has 160 valence electrons. The highest BCUT2D eigenvalue weighted by atomic mass is 15.2. The van der Waals surface area contributed by atoms with Crippen molar-refractivity contribution < 1.29 is 0 Å². The number of aryl methyl sites for hydroxylation is 1. The number of benzene rings is 4. The zero-order valence-corrected chi connectivity index (χ0v) is 18.8. The number of hydrogen-bond donors (Lipinski definition) is 0. The molecule has 0 bridgehead atoms. The summed E-state index contributed by atoms with van der Waals surface area (Å²) in [4.78, 5) is 7.83. The average molecular weight is 428 g/mol. The lowest BCUT2D eigenvalue weighted by atomic mass is 9.99. The molecule has 0 saturated heterocycles. The topological polar surface area (TPSA) is 20.5 Å². The van der Waals surface area contributed by atoms with Gasteiger partial charge in [0, 0.05) is 36.3 Å². The van der Waals surface area contributed by atoms with Crippen LogP contribution in [0.4, 0.5) is 11.4 Å². The molecular weight excluding hydrogens is 402 g/mol. The standard InChI is InChI=1S/C30H25N3/c1-32-25-19-11-9-17-23(25)27(29(32)21-13-5-3-6-14-21)31-28-24-18-10-12-20-26(24)33(2)30(28)22-15-7-4-8-16-22/h3-20,29H,1-2H3. The van der Waals surface area contributed by atoms with Gasteiger partial charge in [0.05, 0.1) is 28.7 Å². The third-order valence-corrected chi connectivity index (χ3v) is 6.68. The van der Waals surface area contributed by atoms with Crippen molar-refractivity contribution in [2.45, 2.75) is 6.04 Å². The summed E-state index contributed by atoms with van der Waals surface area (Å²) in [5, 5.41) is 1.17. The highest BCUT2D eigenvalue weighted by Gasteiger charge is 2.34. The number of aromatic nitrogens is 1. The van der Waals surface area contributed by atoms with Crippen molar-refractivity contribution in [1.29, 1.82) is 0 Å². The first-order chi connectivity index (χ1) is 16.2. The van der Waals surface area contributed by atoms with Crippen LogP contribution in [0.2, 0.25) is 0 Å². The first kappa shape index (κ1) is 19.6. The van der Waals surface area contributed by atoms with Crippen LogP contribution >= 0.6 is 0 Å². The fraction of sp³-hybridized carbons (Fsp3) is 0.100. The molecule has 1 atom stereocenters. The molecule has 0 spiro atoms. The van der Waals surface area contributed by atoms with E-state index in [9.17, 15) is 0 Å². The van der Waals surface area contributed by atoms with Crippen LogP contribution in [0.25, 0.3) is 22.2 Å². The number of para-hydroxylation sites is 2. The highest BCUT2D eigenvalue weighted by Crippen LogP contribution is 2.44. The Morgan fingerprint density at radius 3 is 2.09 bits per heavy atom. The van der Waals surface area contributed by atoms with Gasteiger partial charge in [-0.3, -0.25) is 0 Å². The zero-order valence-electron chi connectivity index (χ0n) is 18.8. The van der Waals surface area contributed by atoms with Crippen molar-refractivity contribution in [3.8, 4) is 11.3 Å². The van der Waals surface area contributed by atoms with Crippen LogP contribution in [0.15, 0.2) is 114 Å². The van der Waals surface area contributed by atoms with Crippen molar-refractivity contribution in [1.82, 2.24) is 4.57 Å². The number of nitrogens with zero attached hydrogens (tertiary/aromatic N) is 3. The summed E-state index contributed by atoms with van der Waals surface area (Å²) in [6.45, 7) is 0. The van der Waals surface area contributed by atoms with E-state index >= 15 is 0 Å². The van der Waals surface area contributed by atoms with E-state index in [4.69, 9.17) is 4.99 Å². The molecule has 33 heavy (non-hydrogen) atoms. The Labute approximate surface area is 194 Å². The first-order valence-corrected chi connectivity index (χ1v) is 11.3. The molecular formula is C30H25N3. The molecule has 0 N–H and O–H groups in total. The summed E-state index contributed by atoms with van der Waals surface area (Å²) in [6, 6.07) is 38.5. The minimum Gasteiger partial charge on any atom is -0.361 e. The van der Waals surface area contributed by atoms with Gasteiger partial charge in [0.2, 0.25) is 0 Å². The van der Waals surface area contributed by atoms with E-state index in [1.165, 1.54) is 33.3 Å². The lowest BCUT2D eigenvalue weighted by molar-refractivity contribution is 0.876. The fourth-order valence-electron chi connectivity index (χ4n) is 5.14. The second kappa shape index (κ2) is 7.79. The Kier molecular flexibility index (Phi) is 4.62. The van der Waals surface area contributed by atoms with Crippen LogP contribution in [0.3, 0.4) is 0 Å². The number of aliphatic imine (C=N–C) groups is 1. The molecule has 3 nitrogen and oxygen atoms in total. The lowest BCUT2D eigenvalue weighted by Crippen LogP contribution is -2.23. The largest absolute Gasteiger partial charge is 0.361 e. The van der Waals surface area contributed by atoms with Gasteiger partial charge in [0.25, 0.3) is 0 Å². The third kappa shape index (κ3) is 3.08. The lowest BCUT2D eigenvalue weighted by Gasteiger charge is -2.23. The van der Waals surface area contributed by atoms with Crippen molar-refractivity contribution in [2.24, 2.45) is 12.0 Å². The summed E-state index contributed by atoms with van der Waals surface area (Å²) in [5.74, 6) is 0. The maximum absolute atomic E-state index is 5.49. The Hall–Kier alpha value is -4.11. The second-order valence-electron chi connectivity index (χ2n) is 8.58. The quantitative estimate of drug-likeness (QED) is 0.299. The van der Waals surface area contributed by atoms with Gasteiger partial charge >= 0.3 is 0 Å². The highest BCUT2D eigenvalue weighted by molar-refractivity contribution is 6.17. The molecule has 3 heteroatoms. The Morgan fingerprint density at radius 1 is 0.667 bits per heavy atom. The average Bonchev–Trinajstić information content (AvgIpc) is 3.32. The first-order valence-electron chi connectivity index (χ1n) is 11.3. The smallest absolute Gasteiger partial charge is 0.0970 e. The number of rotatable bonds is 3. The fourth-order valence-corrected chi connectivity index (χ4v) is 5.14. The van der Waals surface area contributed by atoms with E-state index in [2.05, 4.69) is 133 Å². The van der Waals surface area contributed by atoms with Gasteiger partial charge in [-0.25, -0.2) is 4.99 Å². The van der Waals surface area contributed by atoms with Crippen molar-refractivity contribution >= 4 is 28.0 Å². The van der Waals surface area contributed by atoms with Crippen molar-refractivity contribution in [3.63, 3.8) is 0 Å². The van der Waals surface area contributed by atoms with Gasteiger partial charge in [0.1, 0.15) is 0 Å². The molecule has 0 radical (unpaired) electrons. The van der Waals surface area contributed by atoms with Gasteiger partial charge in [-0.2, -0.15) is 0 Å². The molecule has 0 aliphatic carbocycles. The molecule has 1 aliphatic heterocycles. The van der Waals surface area contributed by atoms with Gasteiger partial charge in [-0.1, -0.05) is 97.1 Å². The van der Waals surface area contributed by atoms with E-state index in [-0.39, 0.29) is 6.04 Å². The molecule has 1 aromatic heterocycles. The normalized spacial score (nSPS) is 16.5. The van der Waals surface area contributed by atoms with Crippen LogP contribution < -0.4 is 4.90 Å². The van der Waals surface area contributed by atoms with Crippen LogP contribution in [-0.2, 0) is 7.05 Å². The molecule has 4 aromatic carbocycles. The minimum absolute atomic E-state index is 0.0613. The van der Waals surface area contributed by atoms with Crippen LogP contribution in [0.1, 0.15) is 17.2 Å². The second-order valence-corrected chi connectivity index (χ2v) is 8.58. The maximum atomic E-state index is 5.49. The van der Waals surface area contributed by atoms with Crippen LogP contribution in [-0.4, -0.2) is 17.3 Å². The molecule has 0 amide bonds. The number of anilines is 1. The SMILES string of the molecule is CN1c2ccccc2C(=Nc2c(-c3ccccc3)n(C)c3ccccc23)C1c1ccccc1. The molecule has 1 aliphatic rings. The van der Waals surface area contributed by atoms with E-state index < -0.39 is 0 Å². The van der Waals surface area contributed by atoms with E-state index in [1.54, 1.807) is 0 Å². The molecule has 5 aromatic rings. The molecule has 6 rings (SSSR count).